The van der Waals surface area contributed by atoms with Crippen molar-refractivity contribution < 1.29 is 19.5 Å². The average Bonchev–Trinajstić information content (AvgIpc) is 2.55. The molecule has 0 amide bonds. The first-order valence-corrected chi connectivity index (χ1v) is 9.79. The quantitative estimate of drug-likeness (QED) is 0.238. The molecule has 7 N–H and O–H groups in total. The van der Waals surface area contributed by atoms with E-state index in [1.165, 1.54) is 0 Å². The minimum Gasteiger partial charge on any atom is -0.480 e. The SMILES string of the molecule is CCCCCC(N)CC(=O)C(C(=O)CC(N)CCCCC)[C@H](N)C(=O)O. The van der Waals surface area contributed by atoms with E-state index in [9.17, 15) is 19.5 Å². The topological polar surface area (TPSA) is 150 Å². The number of unbranched alkanes of at least 4 members (excludes halogenated alkanes) is 4. The normalized spacial score (nSPS) is 15.9. The van der Waals surface area contributed by atoms with Gasteiger partial charge in [0.2, 0.25) is 0 Å². The van der Waals surface area contributed by atoms with E-state index >= 15 is 0 Å². The lowest BCUT2D eigenvalue weighted by atomic mass is 9.84. The lowest BCUT2D eigenvalue weighted by Crippen LogP contribution is -2.48. The van der Waals surface area contributed by atoms with Gasteiger partial charge in [-0.1, -0.05) is 52.4 Å². The summed E-state index contributed by atoms with van der Waals surface area (Å²) in [4.78, 5) is 36.3. The summed E-state index contributed by atoms with van der Waals surface area (Å²) < 4.78 is 0. The number of nitrogens with two attached hydrogens (primary N) is 3. The third-order valence-electron chi connectivity index (χ3n) is 4.62. The Bertz CT molecular complexity index is 413. The number of ketones is 2. The van der Waals surface area contributed by atoms with E-state index in [2.05, 4.69) is 13.8 Å². The van der Waals surface area contributed by atoms with Crippen LogP contribution in [-0.2, 0) is 14.4 Å². The molecule has 0 rings (SSSR count). The zero-order valence-corrected chi connectivity index (χ0v) is 16.3. The van der Waals surface area contributed by atoms with E-state index in [1.54, 1.807) is 0 Å². The summed E-state index contributed by atoms with van der Waals surface area (Å²) in [6.07, 6.45) is 7.19. The fraction of sp³-hybridized carbons (Fsp3) is 0.842. The zero-order valence-electron chi connectivity index (χ0n) is 16.3. The molecule has 0 saturated heterocycles. The first-order chi connectivity index (χ1) is 12.2. The summed E-state index contributed by atoms with van der Waals surface area (Å²) in [6, 6.07) is -2.33. The Hall–Kier alpha value is -1.31. The van der Waals surface area contributed by atoms with Gasteiger partial charge in [-0.05, 0) is 12.8 Å². The predicted molar refractivity (Wildman–Crippen MR) is 103 cm³/mol. The van der Waals surface area contributed by atoms with Crippen molar-refractivity contribution in [2.24, 2.45) is 23.1 Å². The van der Waals surface area contributed by atoms with Crippen LogP contribution in [0.2, 0.25) is 0 Å². The number of Topliss-reactive ketones (excluding diaryl/α,β-unsaturated/α-hetero) is 2. The average molecular weight is 372 g/mol. The van der Waals surface area contributed by atoms with Crippen LogP contribution in [0.5, 0.6) is 0 Å². The second-order valence-electron chi connectivity index (χ2n) is 7.19. The van der Waals surface area contributed by atoms with Crippen molar-refractivity contribution in [3.63, 3.8) is 0 Å². The summed E-state index contributed by atoms with van der Waals surface area (Å²) in [5.74, 6) is -3.72. The largest absolute Gasteiger partial charge is 0.480 e. The maximum atomic E-state index is 12.5. The highest BCUT2D eigenvalue weighted by Gasteiger charge is 2.37. The van der Waals surface area contributed by atoms with Gasteiger partial charge in [-0.2, -0.15) is 0 Å². The van der Waals surface area contributed by atoms with Gasteiger partial charge in [-0.25, -0.2) is 0 Å². The molecule has 7 nitrogen and oxygen atoms in total. The van der Waals surface area contributed by atoms with E-state index in [0.29, 0.717) is 12.8 Å². The lowest BCUT2D eigenvalue weighted by molar-refractivity contribution is -0.146. The molecule has 0 radical (unpaired) electrons. The molecule has 0 aliphatic rings. The third kappa shape index (κ3) is 9.99. The van der Waals surface area contributed by atoms with Crippen molar-refractivity contribution in [3.8, 4) is 0 Å². The van der Waals surface area contributed by atoms with Gasteiger partial charge < -0.3 is 22.3 Å². The Labute approximate surface area is 157 Å². The number of carboxylic acid groups (broad SMARTS) is 1. The van der Waals surface area contributed by atoms with Crippen LogP contribution in [0, 0.1) is 5.92 Å². The molecule has 0 fully saturated rings. The Morgan fingerprint density at radius 3 is 1.46 bits per heavy atom. The molecule has 0 aliphatic heterocycles. The Morgan fingerprint density at radius 2 is 1.15 bits per heavy atom. The molecule has 0 spiro atoms. The van der Waals surface area contributed by atoms with Crippen LogP contribution in [0.4, 0.5) is 0 Å². The van der Waals surface area contributed by atoms with E-state index in [0.717, 1.165) is 38.5 Å². The molecular weight excluding hydrogens is 334 g/mol. The highest BCUT2D eigenvalue weighted by Crippen LogP contribution is 2.16. The molecule has 7 heteroatoms. The van der Waals surface area contributed by atoms with Crippen molar-refractivity contribution in [1.82, 2.24) is 0 Å². The van der Waals surface area contributed by atoms with Crippen molar-refractivity contribution in [1.29, 1.82) is 0 Å². The molecule has 0 heterocycles. The fourth-order valence-electron chi connectivity index (χ4n) is 3.01. The smallest absolute Gasteiger partial charge is 0.321 e. The molecule has 0 bridgehead atoms. The monoisotopic (exact) mass is 371 g/mol. The molecule has 0 aromatic rings. The number of hydrogen-bond donors (Lipinski definition) is 4. The second-order valence-corrected chi connectivity index (χ2v) is 7.19. The Kier molecular flexibility index (Phi) is 13.1. The molecule has 0 aliphatic carbocycles. The molecular formula is C19H37N3O4. The minimum absolute atomic E-state index is 0.0355. The van der Waals surface area contributed by atoms with E-state index < -0.39 is 29.5 Å². The summed E-state index contributed by atoms with van der Waals surface area (Å²) in [5.41, 5.74) is 17.6. The third-order valence-corrected chi connectivity index (χ3v) is 4.62. The molecule has 152 valence electrons. The molecule has 26 heavy (non-hydrogen) atoms. The van der Waals surface area contributed by atoms with Crippen LogP contribution in [0.25, 0.3) is 0 Å². The highest BCUT2D eigenvalue weighted by atomic mass is 16.4. The first kappa shape index (κ1) is 24.7. The van der Waals surface area contributed by atoms with Crippen LogP contribution in [0.1, 0.15) is 78.1 Å². The summed E-state index contributed by atoms with van der Waals surface area (Å²) in [5, 5.41) is 9.17. The Balaban J connectivity index is 4.85. The van der Waals surface area contributed by atoms with E-state index in [-0.39, 0.29) is 24.9 Å². The van der Waals surface area contributed by atoms with Crippen LogP contribution in [0.3, 0.4) is 0 Å². The molecule has 0 aromatic carbocycles. The number of rotatable bonds is 16. The van der Waals surface area contributed by atoms with Gasteiger partial charge in [-0.15, -0.1) is 0 Å². The molecule has 0 aromatic heterocycles. The van der Waals surface area contributed by atoms with E-state index in [4.69, 9.17) is 17.2 Å². The Morgan fingerprint density at radius 1 is 0.769 bits per heavy atom. The summed E-state index contributed by atoms with van der Waals surface area (Å²) in [7, 11) is 0. The van der Waals surface area contributed by atoms with Gasteiger partial charge in [0, 0.05) is 24.9 Å². The summed E-state index contributed by atoms with van der Waals surface area (Å²) in [6.45, 7) is 4.14. The van der Waals surface area contributed by atoms with Gasteiger partial charge in [0.05, 0.1) is 0 Å². The maximum Gasteiger partial charge on any atom is 0.321 e. The van der Waals surface area contributed by atoms with Gasteiger partial charge in [0.15, 0.2) is 0 Å². The second kappa shape index (κ2) is 13.8. The lowest BCUT2D eigenvalue weighted by Gasteiger charge is -2.22. The molecule has 0 saturated carbocycles. The van der Waals surface area contributed by atoms with Gasteiger partial charge in [0.25, 0.3) is 0 Å². The number of carbonyl (C=O) groups excluding carboxylic acids is 2. The molecule has 3 atom stereocenters. The van der Waals surface area contributed by atoms with Crippen molar-refractivity contribution in [2.75, 3.05) is 0 Å². The first-order valence-electron chi connectivity index (χ1n) is 9.79. The van der Waals surface area contributed by atoms with Crippen LogP contribution < -0.4 is 17.2 Å². The minimum atomic E-state index is -1.55. The van der Waals surface area contributed by atoms with Gasteiger partial charge >= 0.3 is 5.97 Å². The number of carbonyl (C=O) groups is 3. The number of carboxylic acids is 1. The van der Waals surface area contributed by atoms with Gasteiger partial charge in [-0.3, -0.25) is 14.4 Å². The van der Waals surface area contributed by atoms with Crippen molar-refractivity contribution >= 4 is 17.5 Å². The number of aliphatic carboxylic acids is 1. The predicted octanol–water partition coefficient (Wildman–Crippen LogP) is 1.75. The molecule has 2 unspecified atom stereocenters. The number of hydrogen-bond acceptors (Lipinski definition) is 6. The highest BCUT2D eigenvalue weighted by molar-refractivity contribution is 6.06. The standard InChI is InChI=1S/C19H37N3O4/c1-3-5-7-9-13(20)11-15(23)17(18(22)19(25)26)16(24)12-14(21)10-8-6-4-2/h13-14,17-18H,3-12,20-22H2,1-2H3,(H,25,26)/t13?,14?,17?,18-/m0/s1. The van der Waals surface area contributed by atoms with Crippen molar-refractivity contribution in [2.45, 2.75) is 96.2 Å². The van der Waals surface area contributed by atoms with Crippen LogP contribution >= 0.6 is 0 Å². The van der Waals surface area contributed by atoms with Crippen molar-refractivity contribution in [3.05, 3.63) is 0 Å². The van der Waals surface area contributed by atoms with E-state index in [1.807, 2.05) is 0 Å². The fourth-order valence-corrected chi connectivity index (χ4v) is 3.01. The van der Waals surface area contributed by atoms with Crippen LogP contribution in [0.15, 0.2) is 0 Å². The van der Waals surface area contributed by atoms with Gasteiger partial charge in [0.1, 0.15) is 23.5 Å². The van der Waals surface area contributed by atoms with Crippen LogP contribution in [-0.4, -0.2) is 40.8 Å². The zero-order chi connectivity index (χ0) is 20.1. The summed E-state index contributed by atoms with van der Waals surface area (Å²) >= 11 is 0. The maximum absolute atomic E-state index is 12.5.